The van der Waals surface area contributed by atoms with Gasteiger partial charge in [-0.05, 0) is 17.7 Å². The third-order valence-corrected chi connectivity index (χ3v) is 1.86. The van der Waals surface area contributed by atoms with Crippen LogP contribution in [0.25, 0.3) is 0 Å². The lowest BCUT2D eigenvalue weighted by molar-refractivity contribution is 0.275. The molecule has 1 aromatic carbocycles. The highest BCUT2D eigenvalue weighted by atomic mass is 16.5. The maximum Gasteiger partial charge on any atom is 0.731 e. The monoisotopic (exact) mass is 150 g/mol. The van der Waals surface area contributed by atoms with Crippen LogP contribution in [-0.4, -0.2) is 12.1 Å². The van der Waals surface area contributed by atoms with Gasteiger partial charge in [0.2, 0.25) is 0 Å². The van der Waals surface area contributed by atoms with Crippen LogP contribution in [0.5, 0.6) is 0 Å². The number of rotatable bonds is 0. The molecule has 0 unspecified atom stereocenters. The van der Waals surface area contributed by atoms with Crippen molar-refractivity contribution in [1.29, 1.82) is 0 Å². The van der Waals surface area contributed by atoms with Crippen LogP contribution in [0.2, 0.25) is 0 Å². The molecule has 0 spiro atoms. The van der Waals surface area contributed by atoms with Crippen molar-refractivity contribution in [2.24, 2.45) is 0 Å². The molecule has 1 aliphatic rings. The second-order valence-electron chi connectivity index (χ2n) is 2.65. The first kappa shape index (κ1) is 6.70. The van der Waals surface area contributed by atoms with Crippen molar-refractivity contribution in [2.45, 2.75) is 6.61 Å². The topological polar surface area (TPSA) is 58.2 Å². The lowest BCUT2D eigenvalue weighted by Crippen LogP contribution is -2.28. The molecule has 0 saturated heterocycles. The smallest absolute Gasteiger partial charge is 0.522 e. The number of nitrogens with two attached hydrogens (primary N) is 1. The van der Waals surface area contributed by atoms with Gasteiger partial charge in [-0.1, -0.05) is 6.07 Å². The zero-order valence-electron chi connectivity index (χ0n) is 6.00. The highest BCUT2D eigenvalue weighted by Gasteiger charge is 2.36. The maximum absolute atomic E-state index is 7.43. The molecule has 0 fully saturated rings. The lowest BCUT2D eigenvalue weighted by atomic mass is 9.79. The number of hydrogen-bond acceptors (Lipinski definition) is 2. The Hall–Kier alpha value is -0.995. The second-order valence-corrected chi connectivity index (χ2v) is 2.65. The van der Waals surface area contributed by atoms with Crippen LogP contribution in [-0.2, 0) is 11.3 Å². The van der Waals surface area contributed by atoms with Crippen molar-refractivity contribution in [2.75, 3.05) is 5.73 Å². The summed E-state index contributed by atoms with van der Waals surface area (Å²) in [6, 6.07) is 5.56. The van der Waals surface area contributed by atoms with Gasteiger partial charge in [0.05, 0.1) is 12.1 Å². The van der Waals surface area contributed by atoms with E-state index in [0.717, 1.165) is 11.0 Å². The Labute approximate surface area is 64.9 Å². The first-order valence-corrected chi connectivity index (χ1v) is 3.48. The fraction of sp³-hybridized carbons (Fsp3) is 0.143. The Morgan fingerprint density at radius 1 is 1.55 bits per heavy atom. The van der Waals surface area contributed by atoms with E-state index >= 15 is 0 Å². The number of benzene rings is 1. The average molecular weight is 150 g/mol. The predicted molar refractivity (Wildman–Crippen MR) is 44.6 cm³/mol. The van der Waals surface area contributed by atoms with E-state index in [4.69, 9.17) is 15.4 Å². The van der Waals surface area contributed by atoms with Crippen molar-refractivity contribution in [1.82, 2.24) is 0 Å². The molecule has 56 valence electrons. The van der Waals surface area contributed by atoms with E-state index in [1.165, 1.54) is 0 Å². The van der Waals surface area contributed by atoms with E-state index in [-0.39, 0.29) is 0 Å². The maximum atomic E-state index is 7.43. The summed E-state index contributed by atoms with van der Waals surface area (Å²) in [5.74, 6) is 0. The summed E-state index contributed by atoms with van der Waals surface area (Å²) < 4.78 is 5.09. The molecule has 0 bridgehead atoms. The molecule has 3 nitrogen and oxygen atoms in total. The fourth-order valence-electron chi connectivity index (χ4n) is 1.25. The number of hydrogen-bond donors (Lipinski definition) is 1. The zero-order valence-corrected chi connectivity index (χ0v) is 6.00. The minimum Gasteiger partial charge on any atom is -0.522 e. The van der Waals surface area contributed by atoms with Crippen molar-refractivity contribution in [3.63, 3.8) is 0 Å². The quantitative estimate of drug-likeness (QED) is 0.299. The Morgan fingerprint density at radius 2 is 2.36 bits per heavy atom. The van der Waals surface area contributed by atoms with Crippen LogP contribution in [0.15, 0.2) is 18.2 Å². The van der Waals surface area contributed by atoms with Crippen molar-refractivity contribution < 1.29 is 9.68 Å². The summed E-state index contributed by atoms with van der Waals surface area (Å²) >= 11 is 0. The molecule has 0 aromatic heterocycles. The Kier molecular flexibility index (Phi) is 1.37. The van der Waals surface area contributed by atoms with E-state index in [9.17, 15) is 0 Å². The predicted octanol–water partition coefficient (Wildman–Crippen LogP) is -0.781. The zero-order chi connectivity index (χ0) is 7.84. The third-order valence-electron chi connectivity index (χ3n) is 1.86. The molecule has 1 aromatic rings. The summed E-state index contributed by atoms with van der Waals surface area (Å²) in [5, 5.41) is 7.43. The number of anilines is 1. The number of nitrogen functional groups attached to an aromatic ring is 1. The summed E-state index contributed by atoms with van der Waals surface area (Å²) in [6.45, 7) is 0.545. The molecule has 4 heteroatoms. The highest BCUT2D eigenvalue weighted by Crippen LogP contribution is 2.11. The van der Waals surface area contributed by atoms with Gasteiger partial charge in [-0.25, -0.2) is 0 Å². The normalized spacial score (nSPS) is 15.2. The first-order valence-electron chi connectivity index (χ1n) is 3.48. The molecule has 0 atom stereocenters. The largest absolute Gasteiger partial charge is 0.731 e. The van der Waals surface area contributed by atoms with E-state index < -0.39 is 7.12 Å². The van der Waals surface area contributed by atoms with Gasteiger partial charge >= 0.3 is 7.12 Å². The highest BCUT2D eigenvalue weighted by molar-refractivity contribution is 6.61. The molecule has 0 saturated carbocycles. The standard InChI is InChI=1S/C7H8BNO2/c9-6-2-1-5-4-11-8(10)7(5)3-6/h1-3,10H,4,9H2/p+1. The van der Waals surface area contributed by atoms with Crippen LogP contribution >= 0.6 is 0 Å². The van der Waals surface area contributed by atoms with Crippen LogP contribution in [0.3, 0.4) is 0 Å². The molecule has 1 aliphatic heterocycles. The molecular weight excluding hydrogens is 141 g/mol. The third kappa shape index (κ3) is 1.00. The average Bonchev–Trinajstić information content (AvgIpc) is 2.33. The lowest BCUT2D eigenvalue weighted by Gasteiger charge is -1.94. The Morgan fingerprint density at radius 3 is 3.18 bits per heavy atom. The molecule has 1 heterocycles. The van der Waals surface area contributed by atoms with E-state index in [2.05, 4.69) is 0 Å². The van der Waals surface area contributed by atoms with Crippen LogP contribution in [0, 0.1) is 0 Å². The summed E-state index contributed by atoms with van der Waals surface area (Å²) in [4.78, 5) is 0. The van der Waals surface area contributed by atoms with Crippen LogP contribution in [0.1, 0.15) is 5.56 Å². The molecule has 4 N–H and O–H groups in total. The second kappa shape index (κ2) is 2.25. The van der Waals surface area contributed by atoms with Gasteiger partial charge in [0, 0.05) is 5.69 Å². The van der Waals surface area contributed by atoms with Gasteiger partial charge in [0.1, 0.15) is 0 Å². The minimum atomic E-state index is -0.534. The van der Waals surface area contributed by atoms with Crippen molar-refractivity contribution >= 4 is 18.3 Å². The SMILES string of the molecule is Nc1ccc2c(c1)B([OH2+])OC2. The minimum absolute atomic E-state index is 0.534. The van der Waals surface area contributed by atoms with Gasteiger partial charge in [-0.15, -0.1) is 0 Å². The summed E-state index contributed by atoms with van der Waals surface area (Å²) in [6.07, 6.45) is 0. The van der Waals surface area contributed by atoms with Gasteiger partial charge in [-0.3, -0.25) is 0 Å². The van der Waals surface area contributed by atoms with E-state index in [1.807, 2.05) is 12.1 Å². The molecule has 0 amide bonds. The van der Waals surface area contributed by atoms with Crippen LogP contribution in [0.4, 0.5) is 5.69 Å². The van der Waals surface area contributed by atoms with Gasteiger partial charge in [0.25, 0.3) is 0 Å². The Bertz CT molecular complexity index is 290. The van der Waals surface area contributed by atoms with E-state index in [1.54, 1.807) is 6.07 Å². The van der Waals surface area contributed by atoms with Crippen molar-refractivity contribution in [3.05, 3.63) is 23.8 Å². The number of fused-ring (bicyclic) bond motifs is 1. The molecule has 0 radical (unpaired) electrons. The van der Waals surface area contributed by atoms with Gasteiger partial charge in [-0.2, -0.15) is 0 Å². The first-order chi connectivity index (χ1) is 5.27. The van der Waals surface area contributed by atoms with E-state index in [0.29, 0.717) is 12.3 Å². The van der Waals surface area contributed by atoms with Gasteiger partial charge in [0.15, 0.2) is 0 Å². The molecule has 0 aliphatic carbocycles. The Balaban J connectivity index is 2.52. The van der Waals surface area contributed by atoms with Crippen molar-refractivity contribution in [3.8, 4) is 0 Å². The summed E-state index contributed by atoms with van der Waals surface area (Å²) in [5.41, 5.74) is 8.24. The van der Waals surface area contributed by atoms with Crippen LogP contribution < -0.4 is 11.2 Å². The van der Waals surface area contributed by atoms with Gasteiger partial charge < -0.3 is 15.4 Å². The molecular formula is C7H9BNO2+. The summed E-state index contributed by atoms with van der Waals surface area (Å²) in [7, 11) is -0.534. The molecule has 11 heavy (non-hydrogen) atoms. The fourth-order valence-corrected chi connectivity index (χ4v) is 1.25. The molecule has 2 rings (SSSR count).